The fourth-order valence-electron chi connectivity index (χ4n) is 3.61. The zero-order valence-corrected chi connectivity index (χ0v) is 16.6. The number of hydrogen-bond donors (Lipinski definition) is 1. The van der Waals surface area contributed by atoms with Gasteiger partial charge in [0, 0.05) is 23.9 Å². The van der Waals surface area contributed by atoms with Crippen molar-refractivity contribution in [3.8, 4) is 11.5 Å². The molecule has 1 aliphatic heterocycles. The Bertz CT molecular complexity index is 761. The first-order valence-electron chi connectivity index (χ1n) is 8.84. The minimum absolute atomic E-state index is 0.0656. The van der Waals surface area contributed by atoms with Crippen LogP contribution in [0.2, 0.25) is 0 Å². The van der Waals surface area contributed by atoms with Crippen LogP contribution >= 0.6 is 11.3 Å². The van der Waals surface area contributed by atoms with Crippen LogP contribution in [0.15, 0.2) is 29.6 Å². The van der Waals surface area contributed by atoms with Gasteiger partial charge in [-0.15, -0.1) is 11.3 Å². The number of methoxy groups -OCH3 is 2. The maximum Gasteiger partial charge on any atom is 0.227 e. The van der Waals surface area contributed by atoms with Crippen molar-refractivity contribution in [3.63, 3.8) is 0 Å². The van der Waals surface area contributed by atoms with Gasteiger partial charge < -0.3 is 19.7 Å². The fraction of sp³-hybridized carbons (Fsp3) is 0.450. The molecule has 1 N–H and O–H groups in total. The molecule has 2 aromatic rings. The van der Waals surface area contributed by atoms with E-state index in [9.17, 15) is 4.79 Å². The SMILES string of the molecule is CNCC(C)C(=O)N1CCc2cc(OC)c(OC)cc2C1c1cccs1. The van der Waals surface area contributed by atoms with Gasteiger partial charge in [-0.05, 0) is 48.2 Å². The summed E-state index contributed by atoms with van der Waals surface area (Å²) < 4.78 is 11.0. The second-order valence-electron chi connectivity index (χ2n) is 6.56. The Balaban J connectivity index is 2.07. The summed E-state index contributed by atoms with van der Waals surface area (Å²) in [4.78, 5) is 16.3. The quantitative estimate of drug-likeness (QED) is 0.844. The van der Waals surface area contributed by atoms with Gasteiger partial charge >= 0.3 is 0 Å². The highest BCUT2D eigenvalue weighted by atomic mass is 32.1. The van der Waals surface area contributed by atoms with Gasteiger partial charge in [-0.1, -0.05) is 13.0 Å². The molecule has 140 valence electrons. The Labute approximate surface area is 158 Å². The molecule has 2 heterocycles. The number of carbonyl (C=O) groups is 1. The first-order chi connectivity index (χ1) is 12.6. The van der Waals surface area contributed by atoms with Gasteiger partial charge in [0.15, 0.2) is 11.5 Å². The zero-order valence-electron chi connectivity index (χ0n) is 15.7. The Kier molecular flexibility index (Phi) is 5.84. The first-order valence-corrected chi connectivity index (χ1v) is 9.72. The van der Waals surface area contributed by atoms with Crippen molar-refractivity contribution in [1.82, 2.24) is 10.2 Å². The average Bonchev–Trinajstić information content (AvgIpc) is 3.19. The van der Waals surface area contributed by atoms with Crippen LogP contribution < -0.4 is 14.8 Å². The molecule has 0 radical (unpaired) electrons. The molecule has 0 spiro atoms. The van der Waals surface area contributed by atoms with E-state index in [0.29, 0.717) is 18.8 Å². The lowest BCUT2D eigenvalue weighted by atomic mass is 9.90. The van der Waals surface area contributed by atoms with Crippen LogP contribution in [0.1, 0.15) is 29.0 Å². The van der Waals surface area contributed by atoms with Crippen LogP contribution in [0, 0.1) is 5.92 Å². The van der Waals surface area contributed by atoms with E-state index in [4.69, 9.17) is 9.47 Å². The summed E-state index contributed by atoms with van der Waals surface area (Å²) in [6, 6.07) is 8.14. The third kappa shape index (κ3) is 3.44. The van der Waals surface area contributed by atoms with Crippen LogP contribution in [0.4, 0.5) is 0 Å². The van der Waals surface area contributed by atoms with Crippen LogP contribution in [0.3, 0.4) is 0 Å². The Hall–Kier alpha value is -2.05. The molecule has 0 saturated carbocycles. The Morgan fingerprint density at radius 3 is 2.69 bits per heavy atom. The van der Waals surface area contributed by atoms with Crippen molar-refractivity contribution in [2.24, 2.45) is 5.92 Å². The lowest BCUT2D eigenvalue weighted by molar-refractivity contribution is -0.136. The molecular weight excluding hydrogens is 348 g/mol. The molecule has 1 aliphatic rings. The average molecular weight is 375 g/mol. The molecular formula is C20H26N2O3S. The highest BCUT2D eigenvalue weighted by Crippen LogP contribution is 2.42. The van der Waals surface area contributed by atoms with Crippen molar-refractivity contribution >= 4 is 17.2 Å². The molecule has 1 aromatic carbocycles. The highest BCUT2D eigenvalue weighted by molar-refractivity contribution is 7.10. The van der Waals surface area contributed by atoms with Gasteiger partial charge in [0.2, 0.25) is 5.91 Å². The van der Waals surface area contributed by atoms with Gasteiger partial charge in [0.05, 0.1) is 20.3 Å². The van der Waals surface area contributed by atoms with Crippen LogP contribution in [-0.4, -0.2) is 45.2 Å². The summed E-state index contributed by atoms with van der Waals surface area (Å²) in [7, 11) is 5.17. The number of hydrogen-bond acceptors (Lipinski definition) is 5. The van der Waals surface area contributed by atoms with Crippen LogP contribution in [0.5, 0.6) is 11.5 Å². The molecule has 1 amide bonds. The van der Waals surface area contributed by atoms with Crippen molar-refractivity contribution in [2.75, 3.05) is 34.4 Å². The van der Waals surface area contributed by atoms with Gasteiger partial charge in [-0.3, -0.25) is 4.79 Å². The number of nitrogens with one attached hydrogen (secondary N) is 1. The third-order valence-electron chi connectivity index (χ3n) is 4.90. The molecule has 3 rings (SSSR count). The lowest BCUT2D eigenvalue weighted by Crippen LogP contribution is -2.44. The van der Waals surface area contributed by atoms with E-state index >= 15 is 0 Å². The topological polar surface area (TPSA) is 50.8 Å². The number of benzene rings is 1. The second-order valence-corrected chi connectivity index (χ2v) is 7.54. The third-order valence-corrected chi connectivity index (χ3v) is 5.83. The molecule has 0 saturated heterocycles. The van der Waals surface area contributed by atoms with E-state index in [0.717, 1.165) is 17.7 Å². The molecule has 1 aromatic heterocycles. The predicted octanol–water partition coefficient (Wildman–Crippen LogP) is 3.09. The van der Waals surface area contributed by atoms with Gasteiger partial charge in [-0.25, -0.2) is 0 Å². The number of rotatable bonds is 6. The van der Waals surface area contributed by atoms with Gasteiger partial charge in [-0.2, -0.15) is 0 Å². The normalized spacial score (nSPS) is 17.5. The largest absolute Gasteiger partial charge is 0.493 e. The maximum atomic E-state index is 13.1. The number of carbonyl (C=O) groups excluding carboxylic acids is 1. The fourth-order valence-corrected chi connectivity index (χ4v) is 4.47. The number of amides is 1. The van der Waals surface area contributed by atoms with Gasteiger partial charge in [0.25, 0.3) is 0 Å². The summed E-state index contributed by atoms with van der Waals surface area (Å²) in [6.07, 6.45) is 0.815. The van der Waals surface area contributed by atoms with Crippen molar-refractivity contribution in [1.29, 1.82) is 0 Å². The summed E-state index contributed by atoms with van der Waals surface area (Å²) in [6.45, 7) is 3.36. The number of nitrogens with zero attached hydrogens (tertiary/aromatic N) is 1. The minimum atomic E-state index is -0.0784. The molecule has 0 aliphatic carbocycles. The molecule has 2 unspecified atom stereocenters. The molecule has 0 fully saturated rings. The smallest absolute Gasteiger partial charge is 0.227 e. The maximum absolute atomic E-state index is 13.1. The minimum Gasteiger partial charge on any atom is -0.493 e. The van der Waals surface area contributed by atoms with Crippen molar-refractivity contribution < 1.29 is 14.3 Å². The standard InChI is InChI=1S/C20H26N2O3S/c1-13(12-21-2)20(23)22-8-7-14-10-16(24-3)17(25-4)11-15(14)19(22)18-6-5-9-26-18/h5-6,9-11,13,19,21H,7-8,12H2,1-4H3. The first kappa shape index (κ1) is 18.7. The van der Waals surface area contributed by atoms with E-state index in [1.807, 2.05) is 37.1 Å². The lowest BCUT2D eigenvalue weighted by Gasteiger charge is -2.38. The summed E-state index contributed by atoms with van der Waals surface area (Å²) in [5.41, 5.74) is 2.34. The Morgan fingerprint density at radius 1 is 1.35 bits per heavy atom. The van der Waals surface area contributed by atoms with E-state index in [1.54, 1.807) is 25.6 Å². The number of thiophene rings is 1. The van der Waals surface area contributed by atoms with Crippen LogP contribution in [0.25, 0.3) is 0 Å². The van der Waals surface area contributed by atoms with E-state index in [-0.39, 0.29) is 17.9 Å². The summed E-state index contributed by atoms with van der Waals surface area (Å²) >= 11 is 1.68. The summed E-state index contributed by atoms with van der Waals surface area (Å²) in [5.74, 6) is 1.55. The van der Waals surface area contributed by atoms with E-state index < -0.39 is 0 Å². The summed E-state index contributed by atoms with van der Waals surface area (Å²) in [5, 5.41) is 5.17. The predicted molar refractivity (Wildman–Crippen MR) is 104 cm³/mol. The Morgan fingerprint density at radius 2 is 2.08 bits per heavy atom. The molecule has 2 atom stereocenters. The number of fused-ring (bicyclic) bond motifs is 1. The molecule has 0 bridgehead atoms. The van der Waals surface area contributed by atoms with Crippen LogP contribution in [-0.2, 0) is 11.2 Å². The molecule has 5 nitrogen and oxygen atoms in total. The van der Waals surface area contributed by atoms with E-state index in [2.05, 4.69) is 16.8 Å². The van der Waals surface area contributed by atoms with Crippen molar-refractivity contribution in [3.05, 3.63) is 45.6 Å². The van der Waals surface area contributed by atoms with E-state index in [1.165, 1.54) is 10.4 Å². The second kappa shape index (κ2) is 8.10. The number of ether oxygens (including phenoxy) is 2. The van der Waals surface area contributed by atoms with Gasteiger partial charge in [0.1, 0.15) is 0 Å². The van der Waals surface area contributed by atoms with Crippen molar-refractivity contribution in [2.45, 2.75) is 19.4 Å². The molecule has 6 heteroatoms. The zero-order chi connectivity index (χ0) is 18.7. The highest BCUT2D eigenvalue weighted by Gasteiger charge is 2.35. The monoisotopic (exact) mass is 374 g/mol. The molecule has 26 heavy (non-hydrogen) atoms.